The van der Waals surface area contributed by atoms with Crippen LogP contribution in [0.1, 0.15) is 12.5 Å². The average Bonchev–Trinajstić information content (AvgIpc) is 2.48. The first-order valence-corrected chi connectivity index (χ1v) is 6.60. The predicted molar refractivity (Wildman–Crippen MR) is 78.2 cm³/mol. The van der Waals surface area contributed by atoms with Crippen LogP contribution in [-0.4, -0.2) is 23.8 Å². The fourth-order valence-corrected chi connectivity index (χ4v) is 1.85. The van der Waals surface area contributed by atoms with Crippen molar-refractivity contribution in [2.75, 3.05) is 6.61 Å². The maximum Gasteiger partial charge on any atom is 0.491 e. The van der Waals surface area contributed by atoms with E-state index in [4.69, 9.17) is 19.5 Å². The maximum atomic E-state index is 13.3. The van der Waals surface area contributed by atoms with Gasteiger partial charge in [-0.1, -0.05) is 12.1 Å². The lowest BCUT2D eigenvalue weighted by molar-refractivity contribution is 0.304. The molecule has 0 fully saturated rings. The zero-order chi connectivity index (χ0) is 15.2. The Kier molecular flexibility index (Phi) is 5.19. The van der Waals surface area contributed by atoms with Crippen molar-refractivity contribution in [3.8, 4) is 11.5 Å². The van der Waals surface area contributed by atoms with Crippen LogP contribution in [0, 0.1) is 5.82 Å². The molecule has 0 aliphatic rings. The molecule has 6 heteroatoms. The predicted octanol–water partition coefficient (Wildman–Crippen LogP) is 1.48. The van der Waals surface area contributed by atoms with Crippen LogP contribution < -0.4 is 14.9 Å². The van der Waals surface area contributed by atoms with Crippen LogP contribution in [0.4, 0.5) is 4.39 Å². The average molecular weight is 290 g/mol. The van der Waals surface area contributed by atoms with Crippen LogP contribution >= 0.6 is 0 Å². The molecule has 0 saturated carbocycles. The molecule has 0 amide bonds. The minimum atomic E-state index is -1.84. The van der Waals surface area contributed by atoms with Gasteiger partial charge >= 0.3 is 7.12 Å². The van der Waals surface area contributed by atoms with Gasteiger partial charge in [0.1, 0.15) is 23.9 Å². The molecule has 0 aliphatic heterocycles. The highest BCUT2D eigenvalue weighted by molar-refractivity contribution is 6.58. The summed E-state index contributed by atoms with van der Waals surface area (Å²) in [5.41, 5.74) is 0.483. The summed E-state index contributed by atoms with van der Waals surface area (Å²) in [6.07, 6.45) is 0. The lowest BCUT2D eigenvalue weighted by Gasteiger charge is -2.09. The molecule has 4 nitrogen and oxygen atoms in total. The highest BCUT2D eigenvalue weighted by atomic mass is 19.1. The van der Waals surface area contributed by atoms with Crippen LogP contribution in [0.15, 0.2) is 42.5 Å². The quantitative estimate of drug-likeness (QED) is 0.791. The third kappa shape index (κ3) is 4.21. The fraction of sp³-hybridized carbons (Fsp3) is 0.200. The van der Waals surface area contributed by atoms with E-state index in [1.54, 1.807) is 24.3 Å². The first kappa shape index (κ1) is 15.3. The van der Waals surface area contributed by atoms with Crippen molar-refractivity contribution in [2.24, 2.45) is 0 Å². The lowest BCUT2D eigenvalue weighted by atomic mass is 9.79. The van der Waals surface area contributed by atoms with E-state index in [0.29, 0.717) is 17.9 Å². The Morgan fingerprint density at radius 3 is 2.19 bits per heavy atom. The minimum absolute atomic E-state index is 0.164. The van der Waals surface area contributed by atoms with E-state index >= 15 is 0 Å². The molecule has 2 N–H and O–H groups in total. The largest absolute Gasteiger partial charge is 0.494 e. The number of ether oxygens (including phenoxy) is 2. The summed E-state index contributed by atoms with van der Waals surface area (Å²) in [6, 6.07) is 11.2. The highest BCUT2D eigenvalue weighted by Gasteiger charge is 2.16. The smallest absolute Gasteiger partial charge is 0.491 e. The molecule has 21 heavy (non-hydrogen) atoms. The molecule has 2 rings (SSSR count). The summed E-state index contributed by atoms with van der Waals surface area (Å²) in [7, 11) is -1.84. The topological polar surface area (TPSA) is 58.9 Å². The lowest BCUT2D eigenvalue weighted by Crippen LogP contribution is -2.33. The van der Waals surface area contributed by atoms with Gasteiger partial charge in [-0.15, -0.1) is 0 Å². The summed E-state index contributed by atoms with van der Waals surface area (Å²) in [4.78, 5) is 0. The van der Waals surface area contributed by atoms with Gasteiger partial charge in [0.05, 0.1) is 6.61 Å². The van der Waals surface area contributed by atoms with E-state index in [-0.39, 0.29) is 12.1 Å². The van der Waals surface area contributed by atoms with E-state index in [2.05, 4.69) is 0 Å². The molecule has 0 bridgehead atoms. The molecule has 0 aliphatic carbocycles. The second-order valence-corrected chi connectivity index (χ2v) is 4.42. The molecule has 0 spiro atoms. The second kappa shape index (κ2) is 7.10. The van der Waals surface area contributed by atoms with E-state index in [9.17, 15) is 4.39 Å². The Balaban J connectivity index is 2.01. The van der Waals surface area contributed by atoms with E-state index in [0.717, 1.165) is 5.75 Å². The summed E-state index contributed by atoms with van der Waals surface area (Å²) < 4.78 is 24.2. The van der Waals surface area contributed by atoms with Crippen molar-refractivity contribution in [1.29, 1.82) is 0 Å². The van der Waals surface area contributed by atoms with Gasteiger partial charge in [0, 0.05) is 5.46 Å². The molecule has 0 unspecified atom stereocenters. The Hall–Kier alpha value is -2.05. The zero-order valence-corrected chi connectivity index (χ0v) is 11.6. The van der Waals surface area contributed by atoms with E-state index in [1.165, 1.54) is 18.2 Å². The maximum absolute atomic E-state index is 13.3. The van der Waals surface area contributed by atoms with Gasteiger partial charge in [0.25, 0.3) is 0 Å². The van der Waals surface area contributed by atoms with Crippen molar-refractivity contribution in [1.82, 2.24) is 0 Å². The van der Waals surface area contributed by atoms with E-state index < -0.39 is 12.9 Å². The summed E-state index contributed by atoms with van der Waals surface area (Å²) in [5.74, 6) is 0.751. The van der Waals surface area contributed by atoms with Crippen LogP contribution in [0.2, 0.25) is 0 Å². The molecule has 0 radical (unpaired) electrons. The van der Waals surface area contributed by atoms with Gasteiger partial charge in [-0.25, -0.2) is 4.39 Å². The van der Waals surface area contributed by atoms with Gasteiger partial charge in [0.2, 0.25) is 0 Å². The number of halogens is 1. The Bertz CT molecular complexity index is 587. The van der Waals surface area contributed by atoms with E-state index in [1.807, 2.05) is 6.92 Å². The summed E-state index contributed by atoms with van der Waals surface area (Å²) in [6.45, 7) is 2.71. The molecular formula is C15H16BFO4. The van der Waals surface area contributed by atoms with Crippen molar-refractivity contribution < 1.29 is 23.9 Å². The van der Waals surface area contributed by atoms with Crippen molar-refractivity contribution in [3.05, 3.63) is 53.8 Å². The van der Waals surface area contributed by atoms with Crippen LogP contribution in [-0.2, 0) is 6.61 Å². The van der Waals surface area contributed by atoms with Gasteiger partial charge in [0.15, 0.2) is 0 Å². The number of hydrogen-bond donors (Lipinski definition) is 2. The van der Waals surface area contributed by atoms with Crippen LogP contribution in [0.3, 0.4) is 0 Å². The van der Waals surface area contributed by atoms with Gasteiger partial charge in [-0.3, -0.25) is 0 Å². The molecule has 0 saturated heterocycles. The second-order valence-electron chi connectivity index (χ2n) is 4.42. The molecule has 0 atom stereocenters. The summed E-state index contributed by atoms with van der Waals surface area (Å²) in [5, 5.41) is 18.1. The Morgan fingerprint density at radius 1 is 1.00 bits per heavy atom. The SMILES string of the molecule is CCOc1ccc(OCc2ccc(F)c(B(O)O)c2)cc1. The van der Waals surface area contributed by atoms with Gasteiger partial charge < -0.3 is 19.5 Å². The number of rotatable bonds is 6. The Labute approximate surface area is 122 Å². The zero-order valence-electron chi connectivity index (χ0n) is 11.6. The molecule has 110 valence electrons. The van der Waals surface area contributed by atoms with Gasteiger partial charge in [-0.2, -0.15) is 0 Å². The highest BCUT2D eigenvalue weighted by Crippen LogP contribution is 2.18. The molecule has 0 aromatic heterocycles. The number of benzene rings is 2. The van der Waals surface area contributed by atoms with Crippen molar-refractivity contribution in [3.63, 3.8) is 0 Å². The van der Waals surface area contributed by atoms with Crippen molar-refractivity contribution >= 4 is 12.6 Å². The monoisotopic (exact) mass is 290 g/mol. The third-order valence-corrected chi connectivity index (χ3v) is 2.88. The normalized spacial score (nSPS) is 10.3. The third-order valence-electron chi connectivity index (χ3n) is 2.88. The summed E-state index contributed by atoms with van der Waals surface area (Å²) >= 11 is 0. The van der Waals surface area contributed by atoms with Crippen LogP contribution in [0.5, 0.6) is 11.5 Å². The number of hydrogen-bond acceptors (Lipinski definition) is 4. The molecule has 2 aromatic rings. The van der Waals surface area contributed by atoms with Crippen LogP contribution in [0.25, 0.3) is 0 Å². The Morgan fingerprint density at radius 2 is 1.62 bits per heavy atom. The first-order valence-electron chi connectivity index (χ1n) is 6.60. The fourth-order valence-electron chi connectivity index (χ4n) is 1.85. The van der Waals surface area contributed by atoms with Gasteiger partial charge in [-0.05, 0) is 42.8 Å². The minimum Gasteiger partial charge on any atom is -0.494 e. The molecular weight excluding hydrogens is 274 g/mol. The molecule has 0 heterocycles. The molecule has 2 aromatic carbocycles. The standard InChI is InChI=1S/C15H16BFO4/c1-2-20-12-4-6-13(7-5-12)21-10-11-3-8-15(17)14(9-11)16(18)19/h3-9,18-19H,2,10H2,1H3. The first-order chi connectivity index (χ1) is 10.1. The van der Waals surface area contributed by atoms with Crippen molar-refractivity contribution in [2.45, 2.75) is 13.5 Å².